The van der Waals surface area contributed by atoms with Crippen molar-refractivity contribution >= 4 is 34.6 Å². The maximum atomic E-state index is 4.52. The highest BCUT2D eigenvalue weighted by Crippen LogP contribution is 2.23. The molecule has 2 aromatic carbocycles. The molecular formula is C35H56N10+2. The van der Waals surface area contributed by atoms with E-state index in [4.69, 9.17) is 0 Å². The van der Waals surface area contributed by atoms with Crippen LogP contribution in [0.5, 0.6) is 0 Å². The molecule has 10 heteroatoms. The molecule has 4 rings (SSSR count). The van der Waals surface area contributed by atoms with E-state index in [0.717, 1.165) is 75.4 Å². The van der Waals surface area contributed by atoms with Crippen LogP contribution in [0.15, 0.2) is 93.8 Å². The molecule has 0 saturated carbocycles. The Bertz CT molecular complexity index is 1310. The summed E-state index contributed by atoms with van der Waals surface area (Å²) in [5, 5.41) is 18.0. The third-order valence-corrected chi connectivity index (χ3v) is 7.82. The second-order valence-corrected chi connectivity index (χ2v) is 10.7. The van der Waals surface area contributed by atoms with Crippen LogP contribution >= 0.6 is 0 Å². The highest BCUT2D eigenvalue weighted by atomic mass is 15.3. The SMILES string of the molecule is C.C.CCn1cc[n+](CC)c1N=Nc1ccc(N(C)CCCCCN(C)c2ccc(N=Nc3n(CC)cc[n+]3CC)cc2)cc1. The van der Waals surface area contributed by atoms with E-state index in [9.17, 15) is 0 Å². The molecule has 4 aromatic rings. The number of nitrogens with zero attached hydrogens (tertiary/aromatic N) is 10. The fraction of sp³-hybridized carbons (Fsp3) is 0.486. The second-order valence-electron chi connectivity index (χ2n) is 10.7. The molecular weight excluding hydrogens is 560 g/mol. The Labute approximate surface area is 271 Å². The number of aromatic nitrogens is 4. The predicted octanol–water partition coefficient (Wildman–Crippen LogP) is 8.79. The first-order chi connectivity index (χ1) is 21.0. The molecule has 0 bridgehead atoms. The number of unbranched alkanes of at least 4 members (excludes halogenated alkanes) is 2. The Morgan fingerprint density at radius 3 is 1.27 bits per heavy atom. The Morgan fingerprint density at radius 1 is 0.556 bits per heavy atom. The van der Waals surface area contributed by atoms with Crippen molar-refractivity contribution in [3.63, 3.8) is 0 Å². The predicted molar refractivity (Wildman–Crippen MR) is 187 cm³/mol. The van der Waals surface area contributed by atoms with Gasteiger partial charge in [0, 0.05) is 48.8 Å². The molecule has 0 aliphatic rings. The lowest BCUT2D eigenvalue weighted by Gasteiger charge is -2.21. The molecule has 0 radical (unpaired) electrons. The first-order valence-corrected chi connectivity index (χ1v) is 15.6. The molecule has 0 atom stereocenters. The van der Waals surface area contributed by atoms with E-state index in [1.807, 2.05) is 49.1 Å². The van der Waals surface area contributed by atoms with Crippen molar-refractivity contribution in [2.24, 2.45) is 20.5 Å². The number of rotatable bonds is 16. The summed E-state index contributed by atoms with van der Waals surface area (Å²) in [6.45, 7) is 14.0. The molecule has 10 nitrogen and oxygen atoms in total. The Morgan fingerprint density at radius 2 is 0.933 bits per heavy atom. The van der Waals surface area contributed by atoms with Gasteiger partial charge < -0.3 is 9.80 Å². The first-order valence-electron chi connectivity index (χ1n) is 15.6. The number of hydrogen-bond acceptors (Lipinski definition) is 6. The zero-order chi connectivity index (χ0) is 30.6. The van der Waals surface area contributed by atoms with Gasteiger partial charge in [0.05, 0.1) is 51.0 Å². The van der Waals surface area contributed by atoms with Gasteiger partial charge in [0.1, 0.15) is 11.4 Å². The normalized spacial score (nSPS) is 11.2. The summed E-state index contributed by atoms with van der Waals surface area (Å²) >= 11 is 0. The Hall–Kier alpha value is -4.34. The fourth-order valence-electron chi connectivity index (χ4n) is 5.02. The monoisotopic (exact) mass is 616 g/mol. The smallest absolute Gasteiger partial charge is 0.375 e. The van der Waals surface area contributed by atoms with Gasteiger partial charge in [-0.3, -0.25) is 0 Å². The van der Waals surface area contributed by atoms with Crippen molar-refractivity contribution in [1.29, 1.82) is 0 Å². The minimum atomic E-state index is 0. The third-order valence-electron chi connectivity index (χ3n) is 7.82. The van der Waals surface area contributed by atoms with Gasteiger partial charge in [-0.25, -0.2) is 18.3 Å². The maximum Gasteiger partial charge on any atom is 0.421 e. The lowest BCUT2D eigenvalue weighted by molar-refractivity contribution is -0.680. The van der Waals surface area contributed by atoms with Gasteiger partial charge in [0.2, 0.25) is 0 Å². The van der Waals surface area contributed by atoms with Crippen LogP contribution in [-0.4, -0.2) is 36.3 Å². The van der Waals surface area contributed by atoms with Crippen LogP contribution < -0.4 is 18.9 Å². The molecule has 0 N–H and O–H groups in total. The molecule has 0 amide bonds. The Kier molecular flexibility index (Phi) is 15.1. The lowest BCUT2D eigenvalue weighted by atomic mass is 10.2. The van der Waals surface area contributed by atoms with Gasteiger partial charge in [-0.2, -0.15) is 0 Å². The van der Waals surface area contributed by atoms with Crippen LogP contribution in [0.4, 0.5) is 34.6 Å². The summed E-state index contributed by atoms with van der Waals surface area (Å²) in [6.07, 6.45) is 11.7. The van der Waals surface area contributed by atoms with E-state index < -0.39 is 0 Å². The van der Waals surface area contributed by atoms with Crippen molar-refractivity contribution in [2.75, 3.05) is 37.0 Å². The van der Waals surface area contributed by atoms with Crippen LogP contribution in [0.25, 0.3) is 0 Å². The van der Waals surface area contributed by atoms with E-state index >= 15 is 0 Å². The summed E-state index contributed by atoms with van der Waals surface area (Å²) in [6, 6.07) is 16.7. The largest absolute Gasteiger partial charge is 0.421 e. The highest BCUT2D eigenvalue weighted by molar-refractivity contribution is 5.53. The average Bonchev–Trinajstić information content (AvgIpc) is 3.65. The van der Waals surface area contributed by atoms with Crippen molar-refractivity contribution in [2.45, 2.75) is 88.0 Å². The molecule has 0 saturated heterocycles. The summed E-state index contributed by atoms with van der Waals surface area (Å²) in [5.74, 6) is 1.75. The van der Waals surface area contributed by atoms with E-state index in [2.05, 4.69) is 115 Å². The standard InChI is InChI=1S/C33H48N10.2CH4/c1-7-40-24-25-41(8-2)32(40)36-34-28-14-18-30(19-15-28)38(5)22-12-11-13-23-39(6)31-20-16-29(17-21-31)35-37-33-42(9-3)26-27-43(33)10-4;;/h14-21,24-27H,7-13,22-23H2,1-6H3;2*1H4/q+2;;. The average molecular weight is 617 g/mol. The molecule has 0 fully saturated rings. The fourth-order valence-corrected chi connectivity index (χ4v) is 5.02. The van der Waals surface area contributed by atoms with Gasteiger partial charge in [0.15, 0.2) is 0 Å². The summed E-state index contributed by atoms with van der Waals surface area (Å²) < 4.78 is 8.41. The zero-order valence-electron chi connectivity index (χ0n) is 26.8. The highest BCUT2D eigenvalue weighted by Gasteiger charge is 2.15. The molecule has 2 aromatic heterocycles. The molecule has 244 valence electrons. The number of benzene rings is 2. The molecule has 0 aliphatic heterocycles. The molecule has 2 heterocycles. The minimum absolute atomic E-state index is 0. The van der Waals surface area contributed by atoms with E-state index in [1.54, 1.807) is 0 Å². The van der Waals surface area contributed by atoms with E-state index in [-0.39, 0.29) is 14.9 Å². The Balaban J connectivity index is 0.00000353. The summed E-state index contributed by atoms with van der Waals surface area (Å²) in [7, 11) is 4.31. The van der Waals surface area contributed by atoms with Crippen LogP contribution in [0.1, 0.15) is 61.8 Å². The summed E-state index contributed by atoms with van der Waals surface area (Å²) in [5.41, 5.74) is 4.11. The molecule has 0 aliphatic carbocycles. The number of hydrogen-bond donors (Lipinski definition) is 0. The van der Waals surface area contributed by atoms with Crippen molar-refractivity contribution in [1.82, 2.24) is 9.13 Å². The van der Waals surface area contributed by atoms with Crippen LogP contribution in [-0.2, 0) is 26.2 Å². The summed E-state index contributed by atoms with van der Waals surface area (Å²) in [4.78, 5) is 4.62. The van der Waals surface area contributed by atoms with Gasteiger partial charge in [-0.05, 0) is 95.5 Å². The van der Waals surface area contributed by atoms with Crippen molar-refractivity contribution in [3.05, 3.63) is 73.3 Å². The number of anilines is 2. The van der Waals surface area contributed by atoms with E-state index in [1.165, 1.54) is 17.8 Å². The van der Waals surface area contributed by atoms with Gasteiger partial charge >= 0.3 is 11.9 Å². The first kappa shape index (κ1) is 36.8. The van der Waals surface area contributed by atoms with Gasteiger partial charge in [0.25, 0.3) is 0 Å². The number of azo groups is 2. The van der Waals surface area contributed by atoms with Crippen LogP contribution in [0, 0.1) is 0 Å². The lowest BCUT2D eigenvalue weighted by Crippen LogP contribution is -2.30. The number of aryl methyl sites for hydroxylation is 4. The van der Waals surface area contributed by atoms with Crippen LogP contribution in [0.3, 0.4) is 0 Å². The quantitative estimate of drug-likeness (QED) is 0.0717. The molecule has 45 heavy (non-hydrogen) atoms. The van der Waals surface area contributed by atoms with E-state index in [0.29, 0.717) is 0 Å². The molecule has 0 unspecified atom stereocenters. The second kappa shape index (κ2) is 18.5. The van der Waals surface area contributed by atoms with Crippen molar-refractivity contribution < 1.29 is 9.13 Å². The number of imidazole rings is 2. The maximum absolute atomic E-state index is 4.52. The van der Waals surface area contributed by atoms with Gasteiger partial charge in [-0.15, -0.1) is 0 Å². The zero-order valence-corrected chi connectivity index (χ0v) is 26.8. The minimum Gasteiger partial charge on any atom is -0.375 e. The topological polar surface area (TPSA) is 73.5 Å². The third kappa shape index (κ3) is 9.83. The molecule has 0 spiro atoms. The van der Waals surface area contributed by atoms with Crippen molar-refractivity contribution in [3.8, 4) is 0 Å². The van der Waals surface area contributed by atoms with Crippen LogP contribution in [0.2, 0.25) is 0 Å². The van der Waals surface area contributed by atoms with Gasteiger partial charge in [-0.1, -0.05) is 25.1 Å².